The van der Waals surface area contributed by atoms with Crippen molar-refractivity contribution in [2.75, 3.05) is 13.1 Å². The van der Waals surface area contributed by atoms with Crippen molar-refractivity contribution in [2.45, 2.75) is 31.2 Å². The molecule has 29 heavy (non-hydrogen) atoms. The molecule has 1 aliphatic carbocycles. The highest BCUT2D eigenvalue weighted by Crippen LogP contribution is 2.39. The molecule has 2 N–H and O–H groups in total. The average molecular weight is 391 g/mol. The standard InChI is InChI=1S/C20H21N7O2/c28-19(18-9-17(24-25-18)13-1-2-13)23-15-7-8-26(10-15)20(29)14-3-5-16(6-4-14)27-11-21-22-12-27/h3-6,9,11-13,15H,1-2,7-8,10H2,(H,23,28)(H,24,25)/t15-/m1/s1. The van der Waals surface area contributed by atoms with Crippen LogP contribution in [0.4, 0.5) is 0 Å². The lowest BCUT2D eigenvalue weighted by molar-refractivity contribution is 0.0783. The molecule has 9 heteroatoms. The van der Waals surface area contributed by atoms with E-state index in [9.17, 15) is 9.59 Å². The van der Waals surface area contributed by atoms with Crippen LogP contribution in [0.5, 0.6) is 0 Å². The molecule has 2 amide bonds. The van der Waals surface area contributed by atoms with Gasteiger partial charge in [-0.1, -0.05) is 0 Å². The fraction of sp³-hybridized carbons (Fsp3) is 0.350. The maximum absolute atomic E-state index is 12.8. The Balaban J connectivity index is 1.18. The quantitative estimate of drug-likeness (QED) is 0.685. The normalized spacial score (nSPS) is 18.8. The van der Waals surface area contributed by atoms with Gasteiger partial charge in [0.05, 0.1) is 0 Å². The van der Waals surface area contributed by atoms with Crippen LogP contribution in [0.2, 0.25) is 0 Å². The summed E-state index contributed by atoms with van der Waals surface area (Å²) in [5.74, 6) is 0.304. The van der Waals surface area contributed by atoms with Gasteiger partial charge in [0.2, 0.25) is 0 Å². The molecule has 0 bridgehead atoms. The number of carbonyl (C=O) groups excluding carboxylic acids is 2. The Morgan fingerprint density at radius 2 is 1.83 bits per heavy atom. The van der Waals surface area contributed by atoms with Gasteiger partial charge in [-0.05, 0) is 49.6 Å². The highest BCUT2D eigenvalue weighted by Gasteiger charge is 2.30. The predicted molar refractivity (Wildman–Crippen MR) is 104 cm³/mol. The molecule has 148 valence electrons. The minimum Gasteiger partial charge on any atom is -0.346 e. The second kappa shape index (κ2) is 7.16. The van der Waals surface area contributed by atoms with Crippen molar-refractivity contribution >= 4 is 11.8 Å². The molecule has 0 unspecified atom stereocenters. The third kappa shape index (κ3) is 3.63. The van der Waals surface area contributed by atoms with Crippen LogP contribution < -0.4 is 5.32 Å². The summed E-state index contributed by atoms with van der Waals surface area (Å²) < 4.78 is 1.78. The van der Waals surface area contributed by atoms with Crippen LogP contribution >= 0.6 is 0 Å². The number of amides is 2. The number of aromatic amines is 1. The summed E-state index contributed by atoms with van der Waals surface area (Å²) in [6, 6.07) is 9.09. The van der Waals surface area contributed by atoms with Crippen molar-refractivity contribution in [2.24, 2.45) is 0 Å². The highest BCUT2D eigenvalue weighted by molar-refractivity contribution is 5.95. The van der Waals surface area contributed by atoms with Crippen LogP contribution in [0.3, 0.4) is 0 Å². The first-order valence-electron chi connectivity index (χ1n) is 9.78. The number of rotatable bonds is 5. The lowest BCUT2D eigenvalue weighted by Crippen LogP contribution is -2.38. The third-order valence-electron chi connectivity index (χ3n) is 5.49. The van der Waals surface area contributed by atoms with Crippen LogP contribution in [0, 0.1) is 0 Å². The highest BCUT2D eigenvalue weighted by atomic mass is 16.2. The minimum atomic E-state index is -0.189. The second-order valence-corrected chi connectivity index (χ2v) is 7.61. The lowest BCUT2D eigenvalue weighted by Gasteiger charge is -2.17. The molecule has 1 aliphatic heterocycles. The lowest BCUT2D eigenvalue weighted by atomic mass is 10.2. The number of benzene rings is 1. The SMILES string of the molecule is O=C(N[C@@H]1CCN(C(=O)c2ccc(-n3cnnc3)cc2)C1)c1cc(C2CC2)[nH]n1. The van der Waals surface area contributed by atoms with Gasteiger partial charge in [0, 0.05) is 42.0 Å². The van der Waals surface area contributed by atoms with Gasteiger partial charge in [0.25, 0.3) is 11.8 Å². The average Bonchev–Trinajstić information content (AvgIpc) is 3.18. The molecular formula is C20H21N7O2. The number of hydrogen-bond acceptors (Lipinski definition) is 5. The molecule has 1 saturated heterocycles. The largest absolute Gasteiger partial charge is 0.346 e. The first-order chi connectivity index (χ1) is 14.2. The van der Waals surface area contributed by atoms with Gasteiger partial charge in [0.15, 0.2) is 0 Å². The van der Waals surface area contributed by atoms with Crippen molar-refractivity contribution in [3.63, 3.8) is 0 Å². The summed E-state index contributed by atoms with van der Waals surface area (Å²) in [4.78, 5) is 27.0. The zero-order valence-corrected chi connectivity index (χ0v) is 15.8. The number of nitrogens with zero attached hydrogens (tertiary/aromatic N) is 5. The fourth-order valence-electron chi connectivity index (χ4n) is 3.67. The molecule has 3 aromatic rings. The van der Waals surface area contributed by atoms with E-state index in [0.717, 1.165) is 30.6 Å². The van der Waals surface area contributed by atoms with Crippen LogP contribution in [0.25, 0.3) is 5.69 Å². The summed E-state index contributed by atoms with van der Waals surface area (Å²) in [5, 5.41) is 17.6. The summed E-state index contributed by atoms with van der Waals surface area (Å²) in [5.41, 5.74) is 2.97. The summed E-state index contributed by atoms with van der Waals surface area (Å²) in [7, 11) is 0. The predicted octanol–water partition coefficient (Wildman–Crippen LogP) is 1.51. The van der Waals surface area contributed by atoms with Crippen molar-refractivity contribution in [1.29, 1.82) is 0 Å². The number of carbonyl (C=O) groups is 2. The van der Waals surface area contributed by atoms with Crippen molar-refractivity contribution < 1.29 is 9.59 Å². The third-order valence-corrected chi connectivity index (χ3v) is 5.49. The van der Waals surface area contributed by atoms with E-state index in [-0.39, 0.29) is 17.9 Å². The molecule has 1 atom stereocenters. The first-order valence-corrected chi connectivity index (χ1v) is 9.78. The molecule has 2 aromatic heterocycles. The van der Waals surface area contributed by atoms with E-state index in [4.69, 9.17) is 0 Å². The number of aromatic nitrogens is 5. The van der Waals surface area contributed by atoms with Gasteiger partial charge in [-0.15, -0.1) is 10.2 Å². The van der Waals surface area contributed by atoms with Crippen LogP contribution in [0.1, 0.15) is 51.7 Å². The molecular weight excluding hydrogens is 370 g/mol. The molecule has 2 aliphatic rings. The molecule has 5 rings (SSSR count). The van der Waals surface area contributed by atoms with E-state index in [0.29, 0.717) is 30.3 Å². The first kappa shape index (κ1) is 17.6. The Labute approximate surface area is 167 Å². The molecule has 0 radical (unpaired) electrons. The molecule has 1 saturated carbocycles. The number of nitrogens with one attached hydrogen (secondary N) is 2. The summed E-state index contributed by atoms with van der Waals surface area (Å²) in [6.45, 7) is 1.11. The summed E-state index contributed by atoms with van der Waals surface area (Å²) in [6.07, 6.45) is 6.26. The van der Waals surface area contributed by atoms with E-state index < -0.39 is 0 Å². The zero-order valence-electron chi connectivity index (χ0n) is 15.8. The Morgan fingerprint density at radius 1 is 1.07 bits per heavy atom. The van der Waals surface area contributed by atoms with Crippen molar-refractivity contribution in [3.05, 3.63) is 59.9 Å². The van der Waals surface area contributed by atoms with E-state index in [2.05, 4.69) is 25.7 Å². The smallest absolute Gasteiger partial charge is 0.272 e. The van der Waals surface area contributed by atoms with Gasteiger partial charge < -0.3 is 10.2 Å². The van der Waals surface area contributed by atoms with E-state index in [1.165, 1.54) is 0 Å². The number of hydrogen-bond donors (Lipinski definition) is 2. The number of H-pyrrole nitrogens is 1. The second-order valence-electron chi connectivity index (χ2n) is 7.61. The van der Waals surface area contributed by atoms with Gasteiger partial charge in [-0.2, -0.15) is 5.10 Å². The Hall–Kier alpha value is -3.49. The maximum atomic E-state index is 12.8. The molecule has 1 aromatic carbocycles. The van der Waals surface area contributed by atoms with Gasteiger partial charge >= 0.3 is 0 Å². The Morgan fingerprint density at radius 3 is 2.55 bits per heavy atom. The van der Waals surface area contributed by atoms with Crippen molar-refractivity contribution in [3.8, 4) is 5.69 Å². The van der Waals surface area contributed by atoms with E-state index in [1.54, 1.807) is 34.3 Å². The molecule has 0 spiro atoms. The zero-order chi connectivity index (χ0) is 19.8. The molecule has 9 nitrogen and oxygen atoms in total. The fourth-order valence-corrected chi connectivity index (χ4v) is 3.67. The number of likely N-dealkylation sites (tertiary alicyclic amines) is 1. The van der Waals surface area contributed by atoms with Gasteiger partial charge in [-0.25, -0.2) is 0 Å². The van der Waals surface area contributed by atoms with Gasteiger partial charge in [0.1, 0.15) is 18.3 Å². The summed E-state index contributed by atoms with van der Waals surface area (Å²) >= 11 is 0. The monoisotopic (exact) mass is 391 g/mol. The molecule has 3 heterocycles. The Kier molecular flexibility index (Phi) is 4.34. The topological polar surface area (TPSA) is 109 Å². The molecule has 2 fully saturated rings. The Bertz CT molecular complexity index is 1020. The maximum Gasteiger partial charge on any atom is 0.272 e. The minimum absolute atomic E-state index is 0.0344. The van der Waals surface area contributed by atoms with Crippen LogP contribution in [-0.2, 0) is 0 Å². The van der Waals surface area contributed by atoms with Crippen LogP contribution in [0.15, 0.2) is 43.0 Å². The van der Waals surface area contributed by atoms with Crippen molar-refractivity contribution in [1.82, 2.24) is 35.2 Å². The van der Waals surface area contributed by atoms with E-state index in [1.807, 2.05) is 18.2 Å². The van der Waals surface area contributed by atoms with Gasteiger partial charge in [-0.3, -0.25) is 19.3 Å². The van der Waals surface area contributed by atoms with E-state index >= 15 is 0 Å². The van der Waals surface area contributed by atoms with Crippen LogP contribution in [-0.4, -0.2) is 60.8 Å².